The monoisotopic (exact) mass is 273 g/mol. The third kappa shape index (κ3) is 5.30. The Kier molecular flexibility index (Phi) is 4.50. The van der Waals surface area contributed by atoms with Crippen molar-refractivity contribution in [3.63, 3.8) is 0 Å². The van der Waals surface area contributed by atoms with Gasteiger partial charge in [-0.15, -0.1) is 18.6 Å². The maximum atomic E-state index is 12.3. The lowest BCUT2D eigenvalue weighted by Gasteiger charge is -2.16. The van der Waals surface area contributed by atoms with E-state index >= 15 is 0 Å². The van der Waals surface area contributed by atoms with Crippen molar-refractivity contribution >= 4 is 12.4 Å². The molecule has 0 spiro atoms. The molecule has 1 rings (SSSR count). The van der Waals surface area contributed by atoms with Gasteiger partial charge < -0.3 is 17.7 Å². The van der Waals surface area contributed by atoms with E-state index in [0.717, 1.165) is 18.2 Å². The van der Waals surface area contributed by atoms with Gasteiger partial charge in [-0.25, -0.2) is 0 Å². The van der Waals surface area contributed by atoms with E-state index in [9.17, 15) is 26.1 Å². The largest absolute Gasteiger partial charge is 0.522 e. The molecule has 0 unspecified atom stereocenters. The predicted octanol–water partition coefficient (Wildman–Crippen LogP) is 2.66. The number of halogens is 6. The lowest BCUT2D eigenvalue weighted by Crippen LogP contribution is -2.33. The molecule has 0 N–H and O–H groups in total. The van der Waals surface area contributed by atoms with Crippen LogP contribution in [0.3, 0.4) is 0 Å². The van der Waals surface area contributed by atoms with Crippen LogP contribution in [0.2, 0.25) is 0 Å². The summed E-state index contributed by atoms with van der Waals surface area (Å²) in [5.41, 5.74) is -0.871. The molecule has 1 aromatic carbocycles. The maximum Gasteiger partial charge on any atom is 0.522 e. The van der Waals surface area contributed by atoms with Crippen LogP contribution in [0.5, 0.6) is 5.75 Å². The Morgan fingerprint density at radius 2 is 1.72 bits per heavy atom. The van der Waals surface area contributed by atoms with Gasteiger partial charge in [-0.3, -0.25) is 4.74 Å². The molecule has 0 bridgehead atoms. The van der Waals surface area contributed by atoms with Gasteiger partial charge in [0.05, 0.1) is 6.61 Å². The molecule has 1 aromatic rings. The average molecular weight is 273 g/mol. The van der Waals surface area contributed by atoms with Gasteiger partial charge in [0.1, 0.15) is 12.4 Å². The summed E-state index contributed by atoms with van der Waals surface area (Å²) >= 11 is 0. The first-order valence-electron chi connectivity index (χ1n) is 4.82. The molecule has 0 amide bonds. The van der Waals surface area contributed by atoms with Crippen LogP contribution < -0.4 is 10.2 Å². The highest BCUT2D eigenvalue weighted by atomic mass is 19.4. The van der Waals surface area contributed by atoms with Crippen LogP contribution in [0.1, 0.15) is 0 Å². The summed E-state index contributed by atoms with van der Waals surface area (Å²) in [5, 5.41) is 0. The molecule has 9 heteroatoms. The lowest BCUT2D eigenvalue weighted by atomic mass is 9.80. The van der Waals surface area contributed by atoms with E-state index in [-0.39, 0.29) is 5.75 Å². The summed E-state index contributed by atoms with van der Waals surface area (Å²) in [5.74, 6) is -0.155. The van der Waals surface area contributed by atoms with Crippen LogP contribution in [0.4, 0.5) is 26.1 Å². The Morgan fingerprint density at radius 3 is 2.28 bits per heavy atom. The number of alkyl halides is 3. The van der Waals surface area contributed by atoms with Gasteiger partial charge in [-0.05, 0) is 12.1 Å². The SMILES string of the molecule is F[B-](F)(F)c1cccc(OCCOC(F)(F)F)c1. The molecular formula is C9H8BF6O2-. The molecule has 0 saturated heterocycles. The van der Waals surface area contributed by atoms with Gasteiger partial charge >= 0.3 is 13.3 Å². The minimum Gasteiger partial charge on any atom is -0.491 e. The molecule has 102 valence electrons. The van der Waals surface area contributed by atoms with E-state index in [1.807, 2.05) is 0 Å². The fourth-order valence-corrected chi connectivity index (χ4v) is 1.12. The number of benzene rings is 1. The highest BCUT2D eigenvalue weighted by Crippen LogP contribution is 2.17. The average Bonchev–Trinajstić information content (AvgIpc) is 2.22. The van der Waals surface area contributed by atoms with Crippen LogP contribution in [0.15, 0.2) is 24.3 Å². The Balaban J connectivity index is 2.49. The van der Waals surface area contributed by atoms with Crippen molar-refractivity contribution in [2.75, 3.05) is 13.2 Å². The minimum absolute atomic E-state index is 0.155. The minimum atomic E-state index is -5.16. The molecule has 0 aliphatic heterocycles. The summed E-state index contributed by atoms with van der Waals surface area (Å²) in [4.78, 5) is 0. The zero-order valence-corrected chi connectivity index (χ0v) is 8.89. The van der Waals surface area contributed by atoms with Gasteiger partial charge in [-0.2, -0.15) is 0 Å². The zero-order chi connectivity index (χ0) is 13.8. The van der Waals surface area contributed by atoms with Crippen LogP contribution >= 0.6 is 0 Å². The zero-order valence-electron chi connectivity index (χ0n) is 8.89. The highest BCUT2D eigenvalue weighted by molar-refractivity contribution is 6.73. The summed E-state index contributed by atoms with van der Waals surface area (Å²) in [7, 11) is 0. The van der Waals surface area contributed by atoms with Crippen molar-refractivity contribution in [2.24, 2.45) is 0 Å². The van der Waals surface area contributed by atoms with E-state index < -0.39 is 32.0 Å². The molecule has 0 saturated carbocycles. The van der Waals surface area contributed by atoms with Crippen molar-refractivity contribution in [3.05, 3.63) is 24.3 Å². The molecule has 18 heavy (non-hydrogen) atoms. The number of rotatable bonds is 5. The smallest absolute Gasteiger partial charge is 0.491 e. The summed E-state index contributed by atoms with van der Waals surface area (Å²) in [6.45, 7) is -6.44. The third-order valence-corrected chi connectivity index (χ3v) is 1.85. The van der Waals surface area contributed by atoms with Crippen LogP contribution in [-0.4, -0.2) is 26.6 Å². The van der Waals surface area contributed by atoms with Gasteiger partial charge in [0.2, 0.25) is 0 Å². The van der Waals surface area contributed by atoms with Crippen LogP contribution in [0.25, 0.3) is 0 Å². The van der Waals surface area contributed by atoms with Crippen molar-refractivity contribution in [3.8, 4) is 5.75 Å². The molecule has 0 fully saturated rings. The topological polar surface area (TPSA) is 18.5 Å². The highest BCUT2D eigenvalue weighted by Gasteiger charge is 2.28. The van der Waals surface area contributed by atoms with Crippen molar-refractivity contribution in [1.82, 2.24) is 0 Å². The summed E-state index contributed by atoms with van der Waals surface area (Å²) < 4.78 is 79.9. The van der Waals surface area contributed by atoms with Gasteiger partial charge in [0.25, 0.3) is 0 Å². The van der Waals surface area contributed by atoms with E-state index in [1.165, 1.54) is 6.07 Å². The standard InChI is InChI=1S/C9H8BF6O2/c11-9(12,13)18-5-4-17-8-3-1-2-7(6-8)10(14,15)16/h1-3,6H,4-5H2/q-1. The fraction of sp³-hybridized carbons (Fsp3) is 0.333. The molecule has 0 aliphatic rings. The molecule has 0 atom stereocenters. The number of ether oxygens (including phenoxy) is 2. The molecular weight excluding hydrogens is 265 g/mol. The predicted molar refractivity (Wildman–Crippen MR) is 52.7 cm³/mol. The fourth-order valence-electron chi connectivity index (χ4n) is 1.12. The van der Waals surface area contributed by atoms with Crippen molar-refractivity contribution in [1.29, 1.82) is 0 Å². The quantitative estimate of drug-likeness (QED) is 0.466. The van der Waals surface area contributed by atoms with Crippen LogP contribution in [-0.2, 0) is 4.74 Å². The molecule has 2 nitrogen and oxygen atoms in total. The Labute approximate surface area is 98.6 Å². The maximum absolute atomic E-state index is 12.3. The van der Waals surface area contributed by atoms with E-state index in [2.05, 4.69) is 4.74 Å². The first-order valence-corrected chi connectivity index (χ1v) is 4.82. The van der Waals surface area contributed by atoms with Gasteiger partial charge in [0, 0.05) is 0 Å². The molecule has 0 radical (unpaired) electrons. The number of hydrogen-bond acceptors (Lipinski definition) is 2. The second kappa shape index (κ2) is 5.51. The Hall–Kier alpha value is -1.38. The van der Waals surface area contributed by atoms with Gasteiger partial charge in [-0.1, -0.05) is 12.1 Å². The first-order chi connectivity index (χ1) is 8.18. The lowest BCUT2D eigenvalue weighted by molar-refractivity contribution is -0.325. The second-order valence-electron chi connectivity index (χ2n) is 3.29. The van der Waals surface area contributed by atoms with E-state index in [0.29, 0.717) is 0 Å². The van der Waals surface area contributed by atoms with Crippen molar-refractivity contribution < 1.29 is 35.6 Å². The van der Waals surface area contributed by atoms with Crippen LogP contribution in [0, 0.1) is 0 Å². The Bertz CT molecular complexity index is 389. The summed E-state index contributed by atoms with van der Waals surface area (Å²) in [6, 6.07) is 3.93. The summed E-state index contributed by atoms with van der Waals surface area (Å²) in [6.07, 6.45) is -4.78. The normalized spacial score (nSPS) is 12.6. The van der Waals surface area contributed by atoms with Crippen molar-refractivity contribution in [2.45, 2.75) is 6.36 Å². The molecule has 0 heterocycles. The van der Waals surface area contributed by atoms with Gasteiger partial charge in [0.15, 0.2) is 0 Å². The first kappa shape index (κ1) is 14.7. The second-order valence-corrected chi connectivity index (χ2v) is 3.29. The number of hydrogen-bond donors (Lipinski definition) is 0. The Morgan fingerprint density at radius 1 is 1.06 bits per heavy atom. The third-order valence-electron chi connectivity index (χ3n) is 1.85. The van der Waals surface area contributed by atoms with E-state index in [4.69, 9.17) is 4.74 Å². The van der Waals surface area contributed by atoms with E-state index in [1.54, 1.807) is 0 Å². The molecule has 0 aliphatic carbocycles. The molecule has 0 aromatic heterocycles.